The molecule has 0 bridgehead atoms. The van der Waals surface area contributed by atoms with E-state index in [1.807, 2.05) is 0 Å². The van der Waals surface area contributed by atoms with Gasteiger partial charge in [-0.15, -0.1) is 0 Å². The molecule has 0 unspecified atom stereocenters. The van der Waals surface area contributed by atoms with E-state index in [-0.39, 0.29) is 6.54 Å². The number of hydrogen-bond donors (Lipinski definition) is 2. The zero-order valence-corrected chi connectivity index (χ0v) is 18.1. The number of rotatable bonds is 7. The van der Waals surface area contributed by atoms with E-state index in [4.69, 9.17) is 27.9 Å². The highest BCUT2D eigenvalue weighted by molar-refractivity contribution is 6.31. The van der Waals surface area contributed by atoms with Crippen LogP contribution in [-0.2, 0) is 4.79 Å². The Morgan fingerprint density at radius 3 is 2.16 bits per heavy atom. The van der Waals surface area contributed by atoms with Gasteiger partial charge in [-0.25, -0.2) is 10.2 Å². The van der Waals surface area contributed by atoms with Gasteiger partial charge in [-0.05, 0) is 66.2 Å². The lowest BCUT2D eigenvalue weighted by Gasteiger charge is -2.05. The molecule has 0 heterocycles. The Hall–Kier alpha value is -3.68. The van der Waals surface area contributed by atoms with Crippen molar-refractivity contribution in [3.8, 4) is 5.75 Å². The number of esters is 1. The molecule has 0 saturated heterocycles. The summed E-state index contributed by atoms with van der Waals surface area (Å²) in [5, 5.41) is 7.36. The number of amides is 2. The predicted molar refractivity (Wildman–Crippen MR) is 122 cm³/mol. The first kappa shape index (κ1) is 23.0. The van der Waals surface area contributed by atoms with Gasteiger partial charge in [0.2, 0.25) is 0 Å². The van der Waals surface area contributed by atoms with Crippen LogP contribution in [0.15, 0.2) is 77.9 Å². The molecule has 0 radical (unpaired) electrons. The second-order valence-electron chi connectivity index (χ2n) is 6.45. The quantitative estimate of drug-likeness (QED) is 0.235. The van der Waals surface area contributed by atoms with E-state index in [2.05, 4.69) is 15.8 Å². The fourth-order valence-corrected chi connectivity index (χ4v) is 2.74. The molecular formula is C23H17Cl2N3O4. The van der Waals surface area contributed by atoms with Gasteiger partial charge in [-0.2, -0.15) is 5.10 Å². The zero-order chi connectivity index (χ0) is 22.9. The molecule has 2 N–H and O–H groups in total. The van der Waals surface area contributed by atoms with Crippen LogP contribution in [0.3, 0.4) is 0 Å². The Bertz CT molecular complexity index is 1150. The molecule has 32 heavy (non-hydrogen) atoms. The third-order valence-electron chi connectivity index (χ3n) is 4.07. The maximum absolute atomic E-state index is 12.2. The molecule has 0 aliphatic carbocycles. The smallest absolute Gasteiger partial charge is 0.343 e. The Morgan fingerprint density at radius 1 is 0.875 bits per heavy atom. The molecule has 9 heteroatoms. The molecule has 7 nitrogen and oxygen atoms in total. The lowest BCUT2D eigenvalue weighted by molar-refractivity contribution is -0.120. The van der Waals surface area contributed by atoms with Crippen molar-refractivity contribution in [2.45, 2.75) is 0 Å². The van der Waals surface area contributed by atoms with Crippen molar-refractivity contribution in [3.63, 3.8) is 0 Å². The third-order valence-corrected chi connectivity index (χ3v) is 4.57. The van der Waals surface area contributed by atoms with E-state index in [1.54, 1.807) is 72.8 Å². The van der Waals surface area contributed by atoms with Gasteiger partial charge in [0.25, 0.3) is 11.8 Å². The summed E-state index contributed by atoms with van der Waals surface area (Å²) in [4.78, 5) is 36.0. The second-order valence-corrected chi connectivity index (χ2v) is 7.32. The van der Waals surface area contributed by atoms with Crippen LogP contribution in [0.5, 0.6) is 5.75 Å². The molecule has 2 amide bonds. The molecular weight excluding hydrogens is 453 g/mol. The SMILES string of the molecule is O=C(CNC(=O)c1ccc(Cl)cc1)NN=Cc1cccc(OC(=O)c2ccc(Cl)cc2)c1. The largest absolute Gasteiger partial charge is 0.423 e. The Morgan fingerprint density at radius 2 is 1.50 bits per heavy atom. The Labute approximate surface area is 194 Å². The number of carbonyl (C=O) groups excluding carboxylic acids is 3. The number of hydrogen-bond acceptors (Lipinski definition) is 5. The Kier molecular flexibility index (Phi) is 7.96. The second kappa shape index (κ2) is 11.1. The average molecular weight is 470 g/mol. The Balaban J connectivity index is 1.49. The third kappa shape index (κ3) is 6.94. The van der Waals surface area contributed by atoms with Crippen LogP contribution in [0.2, 0.25) is 10.0 Å². The number of nitrogens with one attached hydrogen (secondary N) is 2. The first-order chi connectivity index (χ1) is 15.4. The minimum atomic E-state index is -0.527. The molecule has 0 aliphatic rings. The first-order valence-corrected chi connectivity index (χ1v) is 10.1. The molecule has 162 valence electrons. The van der Waals surface area contributed by atoms with Crippen LogP contribution in [0.1, 0.15) is 26.3 Å². The summed E-state index contributed by atoms with van der Waals surface area (Å²) in [6.07, 6.45) is 1.39. The average Bonchev–Trinajstić information content (AvgIpc) is 2.78. The number of carbonyl (C=O) groups is 3. The van der Waals surface area contributed by atoms with Gasteiger partial charge in [-0.1, -0.05) is 35.3 Å². The zero-order valence-electron chi connectivity index (χ0n) is 16.5. The van der Waals surface area contributed by atoms with Crippen molar-refractivity contribution in [3.05, 3.63) is 99.5 Å². The molecule has 3 aromatic carbocycles. The van der Waals surface area contributed by atoms with Gasteiger partial charge < -0.3 is 10.1 Å². The minimum Gasteiger partial charge on any atom is -0.423 e. The van der Waals surface area contributed by atoms with Crippen molar-refractivity contribution < 1.29 is 19.1 Å². The standard InChI is InChI=1S/C23H17Cl2N3O4/c24-18-8-4-16(5-9-18)22(30)26-14-21(29)28-27-13-15-2-1-3-20(12-15)32-23(31)17-6-10-19(25)11-7-17/h1-13H,14H2,(H,26,30)(H,28,29). The van der Waals surface area contributed by atoms with Crippen LogP contribution in [0, 0.1) is 0 Å². The number of benzene rings is 3. The summed E-state index contributed by atoms with van der Waals surface area (Å²) in [5.41, 5.74) is 3.65. The van der Waals surface area contributed by atoms with Gasteiger partial charge in [-0.3, -0.25) is 9.59 Å². The van der Waals surface area contributed by atoms with Gasteiger partial charge in [0, 0.05) is 15.6 Å². The summed E-state index contributed by atoms with van der Waals surface area (Å²) in [6, 6.07) is 19.2. The van der Waals surface area contributed by atoms with Gasteiger partial charge in [0.1, 0.15) is 5.75 Å². The molecule has 3 aromatic rings. The predicted octanol–water partition coefficient (Wildman–Crippen LogP) is 4.09. The van der Waals surface area contributed by atoms with Gasteiger partial charge in [0.05, 0.1) is 18.3 Å². The molecule has 0 saturated carbocycles. The monoisotopic (exact) mass is 469 g/mol. The van der Waals surface area contributed by atoms with Crippen LogP contribution in [0.25, 0.3) is 0 Å². The topological polar surface area (TPSA) is 96.9 Å². The van der Waals surface area contributed by atoms with Gasteiger partial charge >= 0.3 is 5.97 Å². The molecule has 3 rings (SSSR count). The summed E-state index contributed by atoms with van der Waals surface area (Å²) in [5.74, 6) is -1.12. The lowest BCUT2D eigenvalue weighted by Crippen LogP contribution is -2.34. The molecule has 0 atom stereocenters. The number of ether oxygens (including phenoxy) is 1. The molecule has 0 fully saturated rings. The van der Waals surface area contributed by atoms with E-state index in [0.29, 0.717) is 32.5 Å². The van der Waals surface area contributed by atoms with E-state index in [1.165, 1.54) is 6.21 Å². The number of nitrogens with zero attached hydrogens (tertiary/aromatic N) is 1. The van der Waals surface area contributed by atoms with Crippen LogP contribution >= 0.6 is 23.2 Å². The fourth-order valence-electron chi connectivity index (χ4n) is 2.49. The number of hydrazone groups is 1. The van der Waals surface area contributed by atoms with E-state index >= 15 is 0 Å². The van der Waals surface area contributed by atoms with Crippen LogP contribution < -0.4 is 15.5 Å². The van der Waals surface area contributed by atoms with Crippen molar-refractivity contribution in [1.82, 2.24) is 10.7 Å². The van der Waals surface area contributed by atoms with E-state index < -0.39 is 17.8 Å². The fraction of sp³-hybridized carbons (Fsp3) is 0.0435. The maximum atomic E-state index is 12.2. The molecule has 0 aromatic heterocycles. The first-order valence-electron chi connectivity index (χ1n) is 9.34. The van der Waals surface area contributed by atoms with Gasteiger partial charge in [0.15, 0.2) is 0 Å². The van der Waals surface area contributed by atoms with Crippen molar-refractivity contribution in [1.29, 1.82) is 0 Å². The van der Waals surface area contributed by atoms with Crippen molar-refractivity contribution >= 4 is 47.2 Å². The van der Waals surface area contributed by atoms with Crippen LogP contribution in [-0.4, -0.2) is 30.5 Å². The highest BCUT2D eigenvalue weighted by Gasteiger charge is 2.09. The lowest BCUT2D eigenvalue weighted by atomic mass is 10.2. The summed E-state index contributed by atoms with van der Waals surface area (Å²) in [7, 11) is 0. The molecule has 0 spiro atoms. The highest BCUT2D eigenvalue weighted by atomic mass is 35.5. The normalized spacial score (nSPS) is 10.6. The molecule has 0 aliphatic heterocycles. The minimum absolute atomic E-state index is 0.252. The summed E-state index contributed by atoms with van der Waals surface area (Å²) >= 11 is 11.6. The highest BCUT2D eigenvalue weighted by Crippen LogP contribution is 2.16. The van der Waals surface area contributed by atoms with Crippen LogP contribution in [0.4, 0.5) is 0 Å². The van der Waals surface area contributed by atoms with Crippen molar-refractivity contribution in [2.75, 3.05) is 6.54 Å². The van der Waals surface area contributed by atoms with E-state index in [9.17, 15) is 14.4 Å². The maximum Gasteiger partial charge on any atom is 0.343 e. The van der Waals surface area contributed by atoms with Crippen molar-refractivity contribution in [2.24, 2.45) is 5.10 Å². The van der Waals surface area contributed by atoms with E-state index in [0.717, 1.165) is 0 Å². The number of halogens is 2. The summed E-state index contributed by atoms with van der Waals surface area (Å²) < 4.78 is 5.34. The summed E-state index contributed by atoms with van der Waals surface area (Å²) in [6.45, 7) is -0.252.